The number of aryl methyl sites for hydroxylation is 1. The van der Waals surface area contributed by atoms with E-state index in [-0.39, 0.29) is 35.5 Å². The minimum absolute atomic E-state index is 0.0283. The van der Waals surface area contributed by atoms with E-state index in [1.807, 2.05) is 0 Å². The third kappa shape index (κ3) is 5.47. The lowest BCUT2D eigenvalue weighted by Gasteiger charge is -2.12. The Hall–Kier alpha value is -3.61. The van der Waals surface area contributed by atoms with Crippen LogP contribution in [0.25, 0.3) is 0 Å². The van der Waals surface area contributed by atoms with Crippen LogP contribution in [0.3, 0.4) is 0 Å². The second-order valence-electron chi connectivity index (χ2n) is 6.38. The summed E-state index contributed by atoms with van der Waals surface area (Å²) in [5.41, 5.74) is 1.23. The van der Waals surface area contributed by atoms with Crippen molar-refractivity contribution in [1.29, 1.82) is 0 Å². The highest BCUT2D eigenvalue weighted by atomic mass is 16.5. The molecule has 7 heteroatoms. The van der Waals surface area contributed by atoms with Gasteiger partial charge in [-0.1, -0.05) is 18.2 Å². The topological polar surface area (TPSA) is 88.1 Å². The van der Waals surface area contributed by atoms with Crippen LogP contribution in [0.5, 0.6) is 17.2 Å². The first-order valence-electron chi connectivity index (χ1n) is 9.23. The van der Waals surface area contributed by atoms with Crippen molar-refractivity contribution in [2.45, 2.75) is 20.3 Å². The van der Waals surface area contributed by atoms with Gasteiger partial charge in [-0.15, -0.1) is 0 Å². The van der Waals surface area contributed by atoms with Crippen LogP contribution in [0, 0.1) is 6.92 Å². The maximum atomic E-state index is 12.7. The molecule has 0 saturated carbocycles. The number of carbonyl (C=O) groups is 3. The van der Waals surface area contributed by atoms with Crippen molar-refractivity contribution in [2.75, 3.05) is 20.8 Å². The molecule has 0 fully saturated rings. The monoisotopic (exact) mass is 412 g/mol. The molecule has 2 rings (SSSR count). The molecule has 2 aromatic carbocycles. The Morgan fingerprint density at radius 1 is 0.933 bits per heavy atom. The van der Waals surface area contributed by atoms with Gasteiger partial charge < -0.3 is 18.9 Å². The molecule has 0 atom stereocenters. The van der Waals surface area contributed by atoms with Crippen molar-refractivity contribution in [3.63, 3.8) is 0 Å². The highest BCUT2D eigenvalue weighted by molar-refractivity contribution is 6.05. The van der Waals surface area contributed by atoms with Crippen LogP contribution in [-0.4, -0.2) is 38.5 Å². The Kier molecular flexibility index (Phi) is 7.75. The lowest BCUT2D eigenvalue weighted by Crippen LogP contribution is -2.14. The SMILES string of the molecule is C=C(CC(=O)c1cc(C)ccc1OC(=O)c1ccc(OC)c(OC)c1)C(=O)OCC. The molecule has 0 bridgehead atoms. The largest absolute Gasteiger partial charge is 0.493 e. The van der Waals surface area contributed by atoms with Gasteiger partial charge in [0.2, 0.25) is 0 Å². The van der Waals surface area contributed by atoms with Crippen LogP contribution in [0.1, 0.15) is 39.6 Å². The number of hydrogen-bond acceptors (Lipinski definition) is 7. The number of Topliss-reactive ketones (excluding diaryl/α,β-unsaturated/α-hetero) is 1. The molecule has 0 aliphatic carbocycles. The summed E-state index contributed by atoms with van der Waals surface area (Å²) in [7, 11) is 2.95. The highest BCUT2D eigenvalue weighted by Gasteiger charge is 2.21. The van der Waals surface area contributed by atoms with Gasteiger partial charge in [0.1, 0.15) is 5.75 Å². The number of rotatable bonds is 9. The Morgan fingerprint density at radius 3 is 2.23 bits per heavy atom. The minimum Gasteiger partial charge on any atom is -0.493 e. The number of carbonyl (C=O) groups excluding carboxylic acids is 3. The van der Waals surface area contributed by atoms with Crippen LogP contribution in [0.2, 0.25) is 0 Å². The summed E-state index contributed by atoms with van der Waals surface area (Å²) < 4.78 is 20.7. The van der Waals surface area contributed by atoms with E-state index in [1.54, 1.807) is 32.0 Å². The van der Waals surface area contributed by atoms with E-state index in [2.05, 4.69) is 6.58 Å². The summed E-state index contributed by atoms with van der Waals surface area (Å²) in [6, 6.07) is 9.45. The molecule has 0 saturated heterocycles. The molecule has 7 nitrogen and oxygen atoms in total. The van der Waals surface area contributed by atoms with Crippen LogP contribution in [-0.2, 0) is 9.53 Å². The number of hydrogen-bond donors (Lipinski definition) is 0. The first-order chi connectivity index (χ1) is 14.3. The van der Waals surface area contributed by atoms with E-state index in [0.717, 1.165) is 5.56 Å². The summed E-state index contributed by atoms with van der Waals surface area (Å²) in [5, 5.41) is 0. The number of methoxy groups -OCH3 is 2. The Bertz CT molecular complexity index is 976. The first kappa shape index (κ1) is 22.7. The fourth-order valence-corrected chi connectivity index (χ4v) is 2.67. The molecule has 0 spiro atoms. The molecular formula is C23H24O7. The normalized spacial score (nSPS) is 10.1. The van der Waals surface area contributed by atoms with Crippen molar-refractivity contribution in [1.82, 2.24) is 0 Å². The summed E-state index contributed by atoms with van der Waals surface area (Å²) in [4.78, 5) is 37.1. The summed E-state index contributed by atoms with van der Waals surface area (Å²) in [6.45, 7) is 7.26. The van der Waals surface area contributed by atoms with Gasteiger partial charge in [-0.2, -0.15) is 0 Å². The summed E-state index contributed by atoms with van der Waals surface area (Å²) >= 11 is 0. The molecule has 0 amide bonds. The number of ketones is 1. The molecule has 0 heterocycles. The van der Waals surface area contributed by atoms with Crippen molar-refractivity contribution in [3.05, 3.63) is 65.2 Å². The molecule has 0 N–H and O–H groups in total. The zero-order valence-corrected chi connectivity index (χ0v) is 17.4. The number of esters is 2. The molecule has 0 aliphatic rings. The molecule has 0 radical (unpaired) electrons. The first-order valence-corrected chi connectivity index (χ1v) is 9.23. The quantitative estimate of drug-likeness (QED) is 0.267. The molecule has 0 unspecified atom stereocenters. The standard InChI is InChI=1S/C23H24O7/c1-6-29-22(25)15(3)12-18(24)17-11-14(2)7-9-19(17)30-23(26)16-8-10-20(27-4)21(13-16)28-5/h7-11,13H,3,6,12H2,1-2,4-5H3. The van der Waals surface area contributed by atoms with Gasteiger partial charge in [0, 0.05) is 12.0 Å². The van der Waals surface area contributed by atoms with Crippen molar-refractivity contribution in [3.8, 4) is 17.2 Å². The van der Waals surface area contributed by atoms with Crippen LogP contribution in [0.4, 0.5) is 0 Å². The summed E-state index contributed by atoms with van der Waals surface area (Å²) in [5.74, 6) is -0.787. The second-order valence-corrected chi connectivity index (χ2v) is 6.38. The van der Waals surface area contributed by atoms with Crippen LogP contribution in [0.15, 0.2) is 48.6 Å². The van der Waals surface area contributed by atoms with E-state index in [1.165, 1.54) is 32.4 Å². The van der Waals surface area contributed by atoms with E-state index in [0.29, 0.717) is 11.5 Å². The zero-order valence-electron chi connectivity index (χ0n) is 17.4. The van der Waals surface area contributed by atoms with Gasteiger partial charge in [-0.05, 0) is 44.2 Å². The third-order valence-corrected chi connectivity index (χ3v) is 4.20. The van der Waals surface area contributed by atoms with Gasteiger partial charge in [0.15, 0.2) is 17.3 Å². The fourth-order valence-electron chi connectivity index (χ4n) is 2.67. The minimum atomic E-state index is -0.668. The van der Waals surface area contributed by atoms with Gasteiger partial charge in [-0.3, -0.25) is 4.79 Å². The molecule has 0 aliphatic heterocycles. The maximum Gasteiger partial charge on any atom is 0.343 e. The fraction of sp³-hybridized carbons (Fsp3) is 0.261. The van der Waals surface area contributed by atoms with Gasteiger partial charge >= 0.3 is 11.9 Å². The van der Waals surface area contributed by atoms with Crippen molar-refractivity contribution >= 4 is 17.7 Å². The molecule has 30 heavy (non-hydrogen) atoms. The Labute approximate surface area is 175 Å². The second kappa shape index (κ2) is 10.2. The molecular weight excluding hydrogens is 388 g/mol. The van der Waals surface area contributed by atoms with Crippen LogP contribution < -0.4 is 14.2 Å². The predicted molar refractivity (Wildman–Crippen MR) is 110 cm³/mol. The van der Waals surface area contributed by atoms with E-state index >= 15 is 0 Å². The van der Waals surface area contributed by atoms with E-state index in [9.17, 15) is 14.4 Å². The number of benzene rings is 2. The van der Waals surface area contributed by atoms with Gasteiger partial charge in [0.25, 0.3) is 0 Å². The lowest BCUT2D eigenvalue weighted by molar-refractivity contribution is -0.138. The Balaban J connectivity index is 2.26. The smallest absolute Gasteiger partial charge is 0.343 e. The molecule has 0 aromatic heterocycles. The van der Waals surface area contributed by atoms with Crippen molar-refractivity contribution < 1.29 is 33.3 Å². The summed E-state index contributed by atoms with van der Waals surface area (Å²) in [6.07, 6.45) is -0.247. The zero-order chi connectivity index (χ0) is 22.3. The average molecular weight is 412 g/mol. The van der Waals surface area contributed by atoms with Gasteiger partial charge in [-0.25, -0.2) is 9.59 Å². The molecule has 158 valence electrons. The van der Waals surface area contributed by atoms with E-state index in [4.69, 9.17) is 18.9 Å². The average Bonchev–Trinajstić information content (AvgIpc) is 2.74. The van der Waals surface area contributed by atoms with Gasteiger partial charge in [0.05, 0.1) is 32.0 Å². The third-order valence-electron chi connectivity index (χ3n) is 4.20. The Morgan fingerprint density at radius 2 is 1.60 bits per heavy atom. The van der Waals surface area contributed by atoms with E-state index < -0.39 is 17.7 Å². The maximum absolute atomic E-state index is 12.7. The molecule has 2 aromatic rings. The van der Waals surface area contributed by atoms with Crippen molar-refractivity contribution in [2.24, 2.45) is 0 Å². The lowest BCUT2D eigenvalue weighted by atomic mass is 10.0. The van der Waals surface area contributed by atoms with Crippen LogP contribution >= 0.6 is 0 Å². The number of ether oxygens (including phenoxy) is 4. The highest BCUT2D eigenvalue weighted by Crippen LogP contribution is 2.29. The predicted octanol–water partition coefficient (Wildman–Crippen LogP) is 3.92.